The maximum absolute atomic E-state index is 13.1. The molecule has 0 atom stereocenters. The van der Waals surface area contributed by atoms with Crippen molar-refractivity contribution in [1.29, 1.82) is 0 Å². The molecule has 6 heteroatoms. The van der Waals surface area contributed by atoms with Gasteiger partial charge < -0.3 is 14.5 Å². The van der Waals surface area contributed by atoms with Crippen LogP contribution in [0.25, 0.3) is 22.6 Å². The molecule has 0 saturated carbocycles. The summed E-state index contributed by atoms with van der Waals surface area (Å²) < 4.78 is 11.9. The van der Waals surface area contributed by atoms with Crippen LogP contribution in [0.3, 0.4) is 0 Å². The first-order valence-electron chi connectivity index (χ1n) is 11.2. The maximum atomic E-state index is 13.1. The van der Waals surface area contributed by atoms with Crippen LogP contribution >= 0.6 is 11.6 Å². The molecule has 34 heavy (non-hydrogen) atoms. The molecule has 1 aromatic heterocycles. The third kappa shape index (κ3) is 5.10. The standard InChI is InChI=1S/C28H29ClN2O3/c1-17-7-14-22-24(15-17)33-25(30-22)18-8-13-21(29)23(16-18)31-26(32)28(5,6)34-20-11-9-19(10-12-20)27(2,3)4/h7-16H,1-6H3,(H,31,32). The third-order valence-electron chi connectivity index (χ3n) is 5.65. The smallest absolute Gasteiger partial charge is 0.268 e. The fourth-order valence-electron chi connectivity index (χ4n) is 3.55. The second-order valence-electron chi connectivity index (χ2n) is 10.0. The van der Waals surface area contributed by atoms with Crippen molar-refractivity contribution in [2.75, 3.05) is 5.32 Å². The summed E-state index contributed by atoms with van der Waals surface area (Å²) in [5, 5.41) is 3.31. The van der Waals surface area contributed by atoms with Gasteiger partial charge in [-0.2, -0.15) is 0 Å². The Morgan fingerprint density at radius 1 is 0.971 bits per heavy atom. The lowest BCUT2D eigenvalue weighted by atomic mass is 9.87. The zero-order valence-corrected chi connectivity index (χ0v) is 21.1. The number of nitrogens with one attached hydrogen (secondary N) is 1. The number of amides is 1. The van der Waals surface area contributed by atoms with E-state index < -0.39 is 5.60 Å². The lowest BCUT2D eigenvalue weighted by Crippen LogP contribution is -2.42. The van der Waals surface area contributed by atoms with Crippen molar-refractivity contribution in [2.24, 2.45) is 0 Å². The summed E-state index contributed by atoms with van der Waals surface area (Å²) in [5.74, 6) is 0.761. The van der Waals surface area contributed by atoms with Crippen molar-refractivity contribution >= 4 is 34.3 Å². The summed E-state index contributed by atoms with van der Waals surface area (Å²) in [7, 11) is 0. The zero-order chi connectivity index (χ0) is 24.7. The number of nitrogens with zero attached hydrogens (tertiary/aromatic N) is 1. The van der Waals surface area contributed by atoms with E-state index >= 15 is 0 Å². The molecular formula is C28H29ClN2O3. The first-order valence-corrected chi connectivity index (χ1v) is 11.6. The third-order valence-corrected chi connectivity index (χ3v) is 5.98. The van der Waals surface area contributed by atoms with Crippen molar-refractivity contribution < 1.29 is 13.9 Å². The SMILES string of the molecule is Cc1ccc2nc(-c3ccc(Cl)c(NC(=O)C(C)(C)Oc4ccc(C(C)(C)C)cc4)c3)oc2c1. The molecule has 0 bridgehead atoms. The summed E-state index contributed by atoms with van der Waals surface area (Å²) in [6.07, 6.45) is 0. The molecule has 4 rings (SSSR count). The van der Waals surface area contributed by atoms with E-state index in [0.29, 0.717) is 33.5 Å². The quantitative estimate of drug-likeness (QED) is 0.323. The van der Waals surface area contributed by atoms with Gasteiger partial charge in [0.05, 0.1) is 10.7 Å². The average molecular weight is 477 g/mol. The number of hydrogen-bond acceptors (Lipinski definition) is 4. The number of fused-ring (bicyclic) bond motifs is 1. The first-order chi connectivity index (χ1) is 15.9. The molecule has 1 heterocycles. The number of oxazole rings is 1. The van der Waals surface area contributed by atoms with Crippen LogP contribution in [0.2, 0.25) is 5.02 Å². The van der Waals surface area contributed by atoms with Gasteiger partial charge in [-0.25, -0.2) is 4.98 Å². The highest BCUT2D eigenvalue weighted by Crippen LogP contribution is 2.32. The molecule has 3 aromatic carbocycles. The Morgan fingerprint density at radius 3 is 2.35 bits per heavy atom. The number of ether oxygens (including phenoxy) is 1. The van der Waals surface area contributed by atoms with Gasteiger partial charge in [-0.15, -0.1) is 0 Å². The van der Waals surface area contributed by atoms with E-state index in [1.54, 1.807) is 26.0 Å². The van der Waals surface area contributed by atoms with Crippen LogP contribution in [0.1, 0.15) is 45.7 Å². The van der Waals surface area contributed by atoms with Gasteiger partial charge in [0.2, 0.25) is 5.89 Å². The number of carbonyl (C=O) groups is 1. The molecule has 0 saturated heterocycles. The second kappa shape index (κ2) is 8.80. The Bertz CT molecular complexity index is 1350. The average Bonchev–Trinajstić information content (AvgIpc) is 3.18. The van der Waals surface area contributed by atoms with E-state index in [1.807, 2.05) is 55.5 Å². The van der Waals surface area contributed by atoms with E-state index in [-0.39, 0.29) is 11.3 Å². The zero-order valence-electron chi connectivity index (χ0n) is 20.3. The van der Waals surface area contributed by atoms with Gasteiger partial charge in [-0.05, 0) is 79.8 Å². The Morgan fingerprint density at radius 2 is 1.68 bits per heavy atom. The molecule has 1 amide bonds. The van der Waals surface area contributed by atoms with Gasteiger partial charge in [-0.3, -0.25) is 4.79 Å². The fourth-order valence-corrected chi connectivity index (χ4v) is 3.71. The maximum Gasteiger partial charge on any atom is 0.268 e. The summed E-state index contributed by atoms with van der Waals surface area (Å²) in [4.78, 5) is 17.7. The fraction of sp³-hybridized carbons (Fsp3) is 0.286. The minimum atomic E-state index is -1.13. The van der Waals surface area contributed by atoms with Crippen molar-refractivity contribution in [1.82, 2.24) is 4.98 Å². The number of carbonyl (C=O) groups excluding carboxylic acids is 1. The van der Waals surface area contributed by atoms with Crippen LogP contribution in [-0.4, -0.2) is 16.5 Å². The number of hydrogen-bond donors (Lipinski definition) is 1. The molecule has 0 aliphatic carbocycles. The molecule has 0 spiro atoms. The van der Waals surface area contributed by atoms with Gasteiger partial charge >= 0.3 is 0 Å². The topological polar surface area (TPSA) is 64.4 Å². The number of benzene rings is 3. The number of rotatable bonds is 5. The van der Waals surface area contributed by atoms with Gasteiger partial charge in [0.15, 0.2) is 11.2 Å². The van der Waals surface area contributed by atoms with Crippen LogP contribution in [-0.2, 0) is 10.2 Å². The van der Waals surface area contributed by atoms with Gasteiger partial charge in [0.25, 0.3) is 5.91 Å². The van der Waals surface area contributed by atoms with Crippen molar-refractivity contribution in [3.05, 3.63) is 76.8 Å². The molecule has 5 nitrogen and oxygen atoms in total. The molecule has 4 aromatic rings. The largest absolute Gasteiger partial charge is 0.478 e. The lowest BCUT2D eigenvalue weighted by molar-refractivity contribution is -0.128. The minimum absolute atomic E-state index is 0.0424. The molecule has 0 aliphatic rings. The Balaban J connectivity index is 1.53. The van der Waals surface area contributed by atoms with E-state index in [0.717, 1.165) is 11.1 Å². The highest BCUT2D eigenvalue weighted by Gasteiger charge is 2.31. The van der Waals surface area contributed by atoms with E-state index in [1.165, 1.54) is 5.56 Å². The summed E-state index contributed by atoms with van der Waals surface area (Å²) in [5.41, 5.74) is 3.86. The van der Waals surface area contributed by atoms with Gasteiger partial charge in [0.1, 0.15) is 11.3 Å². The van der Waals surface area contributed by atoms with Crippen molar-refractivity contribution in [3.63, 3.8) is 0 Å². The Kier molecular flexibility index (Phi) is 6.17. The van der Waals surface area contributed by atoms with E-state index in [4.69, 9.17) is 20.8 Å². The highest BCUT2D eigenvalue weighted by molar-refractivity contribution is 6.34. The molecule has 0 radical (unpaired) electrons. The summed E-state index contributed by atoms with van der Waals surface area (Å²) >= 11 is 6.39. The minimum Gasteiger partial charge on any atom is -0.478 e. The van der Waals surface area contributed by atoms with E-state index in [2.05, 4.69) is 31.1 Å². The number of aromatic nitrogens is 1. The molecule has 1 N–H and O–H groups in total. The molecule has 176 valence electrons. The molecule has 0 unspecified atom stereocenters. The first kappa shape index (κ1) is 23.8. The summed E-state index contributed by atoms with van der Waals surface area (Å²) in [6, 6.07) is 18.9. The molecular weight excluding hydrogens is 448 g/mol. The lowest BCUT2D eigenvalue weighted by Gasteiger charge is -2.26. The number of halogens is 1. The predicted molar refractivity (Wildman–Crippen MR) is 138 cm³/mol. The monoisotopic (exact) mass is 476 g/mol. The molecule has 0 aliphatic heterocycles. The predicted octanol–water partition coefficient (Wildman–Crippen LogP) is 7.55. The van der Waals surface area contributed by atoms with Crippen LogP contribution in [0.15, 0.2) is 65.1 Å². The Hall–Kier alpha value is -3.31. The van der Waals surface area contributed by atoms with Crippen molar-refractivity contribution in [3.8, 4) is 17.2 Å². The number of anilines is 1. The van der Waals surface area contributed by atoms with Gasteiger partial charge in [0, 0.05) is 5.56 Å². The van der Waals surface area contributed by atoms with Crippen LogP contribution in [0, 0.1) is 6.92 Å². The number of aryl methyl sites for hydroxylation is 1. The van der Waals surface area contributed by atoms with Crippen LogP contribution in [0.5, 0.6) is 5.75 Å². The van der Waals surface area contributed by atoms with Crippen LogP contribution in [0.4, 0.5) is 5.69 Å². The van der Waals surface area contributed by atoms with Crippen LogP contribution < -0.4 is 10.1 Å². The van der Waals surface area contributed by atoms with Crippen molar-refractivity contribution in [2.45, 2.75) is 52.6 Å². The van der Waals surface area contributed by atoms with Gasteiger partial charge in [-0.1, -0.05) is 50.6 Å². The Labute approximate surface area is 205 Å². The van der Waals surface area contributed by atoms with E-state index in [9.17, 15) is 4.79 Å². The molecule has 0 fully saturated rings. The highest BCUT2D eigenvalue weighted by atomic mass is 35.5. The summed E-state index contributed by atoms with van der Waals surface area (Å²) in [6.45, 7) is 11.9. The second-order valence-corrected chi connectivity index (χ2v) is 10.4. The normalized spacial score (nSPS) is 12.1.